The lowest BCUT2D eigenvalue weighted by Gasteiger charge is -2.20. The monoisotopic (exact) mass is 241 g/mol. The molecule has 0 saturated carbocycles. The van der Waals surface area contributed by atoms with Crippen molar-refractivity contribution in [3.05, 3.63) is 11.1 Å². The minimum absolute atomic E-state index is 0.695. The fraction of sp³-hybridized carbons (Fsp3) is 0.636. The summed E-state index contributed by atoms with van der Waals surface area (Å²) in [7, 11) is 4.15. The number of thiazole rings is 1. The van der Waals surface area contributed by atoms with Gasteiger partial charge in [0.1, 0.15) is 0 Å². The number of aldehydes is 1. The van der Waals surface area contributed by atoms with Crippen LogP contribution in [-0.4, -0.2) is 49.9 Å². The van der Waals surface area contributed by atoms with Crippen molar-refractivity contribution in [3.8, 4) is 0 Å². The van der Waals surface area contributed by atoms with Crippen molar-refractivity contribution in [1.82, 2.24) is 9.88 Å². The molecule has 0 amide bonds. The van der Waals surface area contributed by atoms with E-state index in [1.54, 1.807) is 6.20 Å². The van der Waals surface area contributed by atoms with E-state index < -0.39 is 0 Å². The number of aromatic nitrogens is 1. The van der Waals surface area contributed by atoms with Crippen molar-refractivity contribution < 1.29 is 4.79 Å². The molecule has 0 unspecified atom stereocenters. The van der Waals surface area contributed by atoms with Crippen LogP contribution in [0.5, 0.6) is 0 Å². The summed E-state index contributed by atoms with van der Waals surface area (Å²) in [5.41, 5.74) is 0. The topological polar surface area (TPSA) is 36.4 Å². The quantitative estimate of drug-likeness (QED) is 0.681. The zero-order valence-electron chi connectivity index (χ0n) is 10.1. The van der Waals surface area contributed by atoms with Crippen LogP contribution in [0.15, 0.2) is 6.20 Å². The average Bonchev–Trinajstić information content (AvgIpc) is 2.72. The number of anilines is 1. The largest absolute Gasteiger partial charge is 0.348 e. The van der Waals surface area contributed by atoms with Crippen LogP contribution in [0.1, 0.15) is 23.0 Å². The van der Waals surface area contributed by atoms with Crippen LogP contribution in [0.4, 0.5) is 5.13 Å². The van der Waals surface area contributed by atoms with Crippen LogP contribution in [0.25, 0.3) is 0 Å². The van der Waals surface area contributed by atoms with Crippen molar-refractivity contribution >= 4 is 22.8 Å². The molecule has 1 rings (SSSR count). The van der Waals surface area contributed by atoms with E-state index in [4.69, 9.17) is 0 Å². The van der Waals surface area contributed by atoms with Crippen molar-refractivity contribution in [2.24, 2.45) is 0 Å². The molecule has 0 bridgehead atoms. The minimum atomic E-state index is 0.695. The first-order valence-electron chi connectivity index (χ1n) is 5.48. The Labute approximate surface area is 101 Å². The zero-order chi connectivity index (χ0) is 12.0. The van der Waals surface area contributed by atoms with Gasteiger partial charge in [0.25, 0.3) is 0 Å². The van der Waals surface area contributed by atoms with E-state index in [2.05, 4.69) is 35.8 Å². The maximum Gasteiger partial charge on any atom is 0.185 e. The van der Waals surface area contributed by atoms with Crippen LogP contribution in [0.3, 0.4) is 0 Å². The Morgan fingerprint density at radius 1 is 1.44 bits per heavy atom. The molecule has 0 fully saturated rings. The fourth-order valence-electron chi connectivity index (χ4n) is 1.44. The van der Waals surface area contributed by atoms with Gasteiger partial charge in [0, 0.05) is 13.1 Å². The summed E-state index contributed by atoms with van der Waals surface area (Å²) in [6.45, 7) is 5.10. The minimum Gasteiger partial charge on any atom is -0.348 e. The van der Waals surface area contributed by atoms with Gasteiger partial charge in [-0.2, -0.15) is 0 Å². The van der Waals surface area contributed by atoms with Crippen molar-refractivity contribution in [2.45, 2.75) is 13.3 Å². The van der Waals surface area contributed by atoms with Crippen molar-refractivity contribution in [1.29, 1.82) is 0 Å². The average molecular weight is 241 g/mol. The van der Waals surface area contributed by atoms with E-state index in [9.17, 15) is 4.79 Å². The lowest BCUT2D eigenvalue weighted by molar-refractivity contribution is 0.112. The molecule has 0 radical (unpaired) electrons. The third-order valence-electron chi connectivity index (χ3n) is 2.31. The molecule has 1 aromatic rings. The highest BCUT2D eigenvalue weighted by molar-refractivity contribution is 7.17. The van der Waals surface area contributed by atoms with Gasteiger partial charge >= 0.3 is 0 Å². The molecule has 0 N–H and O–H groups in total. The van der Waals surface area contributed by atoms with Gasteiger partial charge in [-0.25, -0.2) is 4.98 Å². The summed E-state index contributed by atoms with van der Waals surface area (Å²) < 4.78 is 0. The summed E-state index contributed by atoms with van der Waals surface area (Å²) in [5, 5.41) is 0.948. The number of carbonyl (C=O) groups excluding carboxylic acids is 1. The van der Waals surface area contributed by atoms with E-state index in [1.165, 1.54) is 11.3 Å². The number of rotatable bonds is 7. The molecule has 1 aromatic heterocycles. The van der Waals surface area contributed by atoms with E-state index in [0.717, 1.165) is 37.5 Å². The zero-order valence-corrected chi connectivity index (χ0v) is 11.0. The van der Waals surface area contributed by atoms with Crippen LogP contribution in [0.2, 0.25) is 0 Å². The summed E-state index contributed by atoms with van der Waals surface area (Å²) >= 11 is 1.46. The van der Waals surface area contributed by atoms with Crippen LogP contribution >= 0.6 is 11.3 Å². The molecule has 0 aliphatic heterocycles. The van der Waals surface area contributed by atoms with Crippen LogP contribution < -0.4 is 4.90 Å². The highest BCUT2D eigenvalue weighted by Gasteiger charge is 2.08. The Bertz CT molecular complexity index is 325. The second kappa shape index (κ2) is 6.60. The maximum atomic E-state index is 10.6. The van der Waals surface area contributed by atoms with Gasteiger partial charge in [-0.1, -0.05) is 11.3 Å². The van der Waals surface area contributed by atoms with Gasteiger partial charge < -0.3 is 9.80 Å². The molecule has 0 aliphatic rings. The summed E-state index contributed by atoms with van der Waals surface area (Å²) in [6.07, 6.45) is 3.60. The molecule has 0 spiro atoms. The Hall–Kier alpha value is -0.940. The lowest BCUT2D eigenvalue weighted by atomic mass is 10.4. The molecule has 4 nitrogen and oxygen atoms in total. The highest BCUT2D eigenvalue weighted by atomic mass is 32.1. The summed E-state index contributed by atoms with van der Waals surface area (Å²) in [6, 6.07) is 0. The number of carbonyl (C=O) groups is 1. The first-order chi connectivity index (χ1) is 7.67. The molecule has 0 atom stereocenters. The molecule has 90 valence electrons. The van der Waals surface area contributed by atoms with Gasteiger partial charge in [-0.3, -0.25) is 4.79 Å². The number of hydrogen-bond donors (Lipinski definition) is 0. The van der Waals surface area contributed by atoms with Gasteiger partial charge in [0.15, 0.2) is 11.4 Å². The Balaban J connectivity index is 2.50. The highest BCUT2D eigenvalue weighted by Crippen LogP contribution is 2.21. The van der Waals surface area contributed by atoms with Gasteiger partial charge in [-0.15, -0.1) is 0 Å². The standard InChI is InChI=1S/C11H19N3OS/c1-4-14(7-5-6-13(2)3)11-12-8-10(9-15)16-11/h8-9H,4-7H2,1-3H3. The van der Waals surface area contributed by atoms with Crippen molar-refractivity contribution in [2.75, 3.05) is 38.6 Å². The predicted octanol–water partition coefficient (Wildman–Crippen LogP) is 1.73. The van der Waals surface area contributed by atoms with Crippen LogP contribution in [-0.2, 0) is 0 Å². The molecule has 5 heteroatoms. The summed E-state index contributed by atoms with van der Waals surface area (Å²) in [5.74, 6) is 0. The second-order valence-electron chi connectivity index (χ2n) is 3.90. The normalized spacial score (nSPS) is 10.8. The molecule has 0 aromatic carbocycles. The molecule has 0 aliphatic carbocycles. The van der Waals surface area contributed by atoms with Crippen LogP contribution in [0, 0.1) is 0 Å². The fourth-order valence-corrected chi connectivity index (χ4v) is 2.26. The molecule has 0 saturated heterocycles. The first kappa shape index (κ1) is 13.1. The van der Waals surface area contributed by atoms with E-state index in [0.29, 0.717) is 4.88 Å². The Morgan fingerprint density at radius 3 is 2.69 bits per heavy atom. The molecular formula is C11H19N3OS. The first-order valence-corrected chi connectivity index (χ1v) is 6.29. The number of nitrogens with zero attached hydrogens (tertiary/aromatic N) is 3. The Kier molecular flexibility index (Phi) is 5.42. The predicted molar refractivity (Wildman–Crippen MR) is 68.6 cm³/mol. The number of hydrogen-bond acceptors (Lipinski definition) is 5. The third-order valence-corrected chi connectivity index (χ3v) is 3.30. The molecular weight excluding hydrogens is 222 g/mol. The third kappa shape index (κ3) is 3.90. The van der Waals surface area contributed by atoms with Gasteiger partial charge in [0.05, 0.1) is 11.1 Å². The van der Waals surface area contributed by atoms with Crippen molar-refractivity contribution in [3.63, 3.8) is 0 Å². The van der Waals surface area contributed by atoms with Gasteiger partial charge in [0.2, 0.25) is 0 Å². The van der Waals surface area contributed by atoms with E-state index >= 15 is 0 Å². The SMILES string of the molecule is CCN(CCCN(C)C)c1ncc(C=O)s1. The summed E-state index contributed by atoms with van der Waals surface area (Å²) in [4.78, 5) is 19.9. The molecule has 16 heavy (non-hydrogen) atoms. The Morgan fingerprint density at radius 2 is 2.19 bits per heavy atom. The van der Waals surface area contributed by atoms with Gasteiger partial charge in [-0.05, 0) is 34.0 Å². The maximum absolute atomic E-state index is 10.6. The lowest BCUT2D eigenvalue weighted by Crippen LogP contribution is -2.26. The second-order valence-corrected chi connectivity index (χ2v) is 4.94. The smallest absolute Gasteiger partial charge is 0.185 e. The van der Waals surface area contributed by atoms with E-state index in [1.807, 2.05) is 0 Å². The van der Waals surface area contributed by atoms with E-state index in [-0.39, 0.29) is 0 Å². The molecule has 1 heterocycles.